The number of unbranched alkanes of at least 4 members (excludes halogenated alkanes) is 9. The van der Waals surface area contributed by atoms with Crippen LogP contribution in [0.3, 0.4) is 0 Å². The molecule has 0 aliphatic rings. The predicted molar refractivity (Wildman–Crippen MR) is 71.4 cm³/mol. The van der Waals surface area contributed by atoms with Crippen molar-refractivity contribution in [3.63, 3.8) is 0 Å². The molecule has 0 amide bonds. The molecule has 0 aromatic heterocycles. The van der Waals surface area contributed by atoms with Crippen LogP contribution in [0, 0.1) is 0 Å². The summed E-state index contributed by atoms with van der Waals surface area (Å²) >= 11 is -0.0261. The van der Waals surface area contributed by atoms with Gasteiger partial charge in [-0.25, -0.2) is 0 Å². The zero-order valence-electron chi connectivity index (χ0n) is 9.67. The van der Waals surface area contributed by atoms with Crippen molar-refractivity contribution in [3.8, 4) is 0 Å². The molecule has 1 radical (unpaired) electrons. The molecule has 0 aliphatic carbocycles. The van der Waals surface area contributed by atoms with E-state index in [1.54, 1.807) is 0 Å². The summed E-state index contributed by atoms with van der Waals surface area (Å²) in [6.07, 6.45) is 14.5. The van der Waals surface area contributed by atoms with Crippen molar-refractivity contribution in [1.29, 1.82) is 0 Å². The van der Waals surface area contributed by atoms with Crippen LogP contribution in [0.5, 0.6) is 0 Å². The Bertz CT molecular complexity index is 84.3. The molecule has 0 aromatic carbocycles. The van der Waals surface area contributed by atoms with Crippen molar-refractivity contribution >= 4 is 29.9 Å². The number of rotatable bonds is 11. The van der Waals surface area contributed by atoms with Crippen LogP contribution in [0.4, 0.5) is 0 Å². The molecular weight excluding hydrogens is 298 g/mol. The summed E-state index contributed by atoms with van der Waals surface area (Å²) in [4.78, 5) is 0. The van der Waals surface area contributed by atoms with Gasteiger partial charge in [-0.15, -0.1) is 0 Å². The van der Waals surface area contributed by atoms with Crippen LogP contribution in [0.25, 0.3) is 0 Å². The molecule has 0 spiro atoms. The molecular formula is C12H26SSb. The molecule has 0 bridgehead atoms. The molecule has 0 nitrogen and oxygen atoms in total. The maximum absolute atomic E-state index is 4.36. The van der Waals surface area contributed by atoms with Crippen LogP contribution < -0.4 is 0 Å². The van der Waals surface area contributed by atoms with Crippen LogP contribution >= 0.6 is 9.72 Å². The normalized spacial score (nSPS) is 10.7. The summed E-state index contributed by atoms with van der Waals surface area (Å²) in [6.45, 7) is 2.28. The molecule has 0 heterocycles. The van der Waals surface area contributed by atoms with E-state index in [-0.39, 0.29) is 20.2 Å². The molecule has 0 atom stereocenters. The quantitative estimate of drug-likeness (QED) is 0.313. The van der Waals surface area contributed by atoms with Gasteiger partial charge in [-0.2, -0.15) is 0 Å². The molecule has 0 aromatic rings. The van der Waals surface area contributed by atoms with Gasteiger partial charge in [0, 0.05) is 0 Å². The second kappa shape index (κ2) is 14.2. The predicted octanol–water partition coefficient (Wildman–Crippen LogP) is 4.87. The fraction of sp³-hybridized carbons (Fsp3) is 1.00. The zero-order chi connectivity index (χ0) is 10.5. The fourth-order valence-electron chi connectivity index (χ4n) is 1.67. The van der Waals surface area contributed by atoms with Gasteiger partial charge in [0.15, 0.2) is 0 Å². The van der Waals surface area contributed by atoms with Crippen LogP contribution in [-0.2, 0) is 0 Å². The first-order valence-corrected chi connectivity index (χ1v) is 11.9. The van der Waals surface area contributed by atoms with Crippen molar-refractivity contribution in [2.75, 3.05) is 0 Å². The van der Waals surface area contributed by atoms with Gasteiger partial charge in [0.2, 0.25) is 0 Å². The summed E-state index contributed by atoms with van der Waals surface area (Å²) < 4.78 is 1.46. The van der Waals surface area contributed by atoms with Crippen LogP contribution in [0.2, 0.25) is 4.37 Å². The van der Waals surface area contributed by atoms with Gasteiger partial charge in [-0.1, -0.05) is 0 Å². The monoisotopic (exact) mass is 323 g/mol. The standard InChI is InChI=1S/C12H25.H2S.Sb/c1-3-5-7-9-11-12-10-8-6-4-2;;/h1,3-12H2,2H3;1H2;/q;;+1/p-1. The van der Waals surface area contributed by atoms with Crippen molar-refractivity contribution in [2.24, 2.45) is 0 Å². The molecule has 14 heavy (non-hydrogen) atoms. The average Bonchev–Trinajstić information content (AvgIpc) is 2.21. The third kappa shape index (κ3) is 13.2. The topological polar surface area (TPSA) is 0 Å². The Balaban J connectivity index is 2.78. The summed E-state index contributed by atoms with van der Waals surface area (Å²) in [5.74, 6) is 0. The number of thiol groups is 1. The van der Waals surface area contributed by atoms with Crippen molar-refractivity contribution in [1.82, 2.24) is 0 Å². The van der Waals surface area contributed by atoms with Gasteiger partial charge in [0.25, 0.3) is 0 Å². The minimum absolute atomic E-state index is 0.0261. The van der Waals surface area contributed by atoms with Gasteiger partial charge < -0.3 is 0 Å². The van der Waals surface area contributed by atoms with E-state index < -0.39 is 0 Å². The second-order valence-corrected chi connectivity index (χ2v) is 8.03. The summed E-state index contributed by atoms with van der Waals surface area (Å²) in [5.41, 5.74) is 0. The number of hydrogen-bond acceptors (Lipinski definition) is 1. The Hall–Kier alpha value is 1.17. The average molecular weight is 324 g/mol. The SMILES string of the molecule is CCCCCCCCCCC[CH2][Sb][SH]. The fourth-order valence-corrected chi connectivity index (χ4v) is 3.66. The molecule has 0 N–H and O–H groups in total. The molecule has 0 saturated heterocycles. The van der Waals surface area contributed by atoms with E-state index in [1.807, 2.05) is 0 Å². The van der Waals surface area contributed by atoms with E-state index in [4.69, 9.17) is 0 Å². The molecule has 2 heteroatoms. The van der Waals surface area contributed by atoms with Crippen LogP contribution in [0.15, 0.2) is 0 Å². The van der Waals surface area contributed by atoms with E-state index in [1.165, 1.54) is 68.6 Å². The van der Waals surface area contributed by atoms with E-state index >= 15 is 0 Å². The van der Waals surface area contributed by atoms with Gasteiger partial charge in [-0.3, -0.25) is 0 Å². The van der Waals surface area contributed by atoms with E-state index in [0.29, 0.717) is 0 Å². The first-order chi connectivity index (χ1) is 6.91. The van der Waals surface area contributed by atoms with E-state index in [0.717, 1.165) is 0 Å². The van der Waals surface area contributed by atoms with E-state index in [2.05, 4.69) is 16.6 Å². The Morgan fingerprint density at radius 1 is 0.714 bits per heavy atom. The van der Waals surface area contributed by atoms with Crippen molar-refractivity contribution in [3.05, 3.63) is 0 Å². The maximum atomic E-state index is 4.36. The second-order valence-electron chi connectivity index (χ2n) is 4.05. The van der Waals surface area contributed by atoms with E-state index in [9.17, 15) is 0 Å². The molecule has 0 aliphatic heterocycles. The van der Waals surface area contributed by atoms with Crippen molar-refractivity contribution in [2.45, 2.75) is 75.5 Å². The molecule has 0 fully saturated rings. The van der Waals surface area contributed by atoms with Gasteiger partial charge in [-0.05, 0) is 0 Å². The van der Waals surface area contributed by atoms with Gasteiger partial charge >= 0.3 is 105 Å². The molecule has 0 rings (SSSR count). The molecule has 0 saturated carbocycles. The Labute approximate surface area is 105 Å². The first kappa shape index (κ1) is 15.2. The molecule has 85 valence electrons. The Morgan fingerprint density at radius 2 is 1.14 bits per heavy atom. The third-order valence-electron chi connectivity index (χ3n) is 2.61. The van der Waals surface area contributed by atoms with Crippen molar-refractivity contribution < 1.29 is 0 Å². The Morgan fingerprint density at radius 3 is 1.57 bits per heavy atom. The van der Waals surface area contributed by atoms with Gasteiger partial charge in [0.05, 0.1) is 0 Å². The molecule has 0 unspecified atom stereocenters. The summed E-state index contributed by atoms with van der Waals surface area (Å²) in [7, 11) is 4.36. The minimum atomic E-state index is -0.0261. The van der Waals surface area contributed by atoms with Crippen LogP contribution in [-0.4, -0.2) is 20.2 Å². The van der Waals surface area contributed by atoms with Crippen LogP contribution in [0.1, 0.15) is 71.1 Å². The first-order valence-electron chi connectivity index (χ1n) is 6.22. The number of hydrogen-bond donors (Lipinski definition) is 1. The summed E-state index contributed by atoms with van der Waals surface area (Å²) in [6, 6.07) is 0. The summed E-state index contributed by atoms with van der Waals surface area (Å²) in [5, 5.41) is 0. The Kier molecular flexibility index (Phi) is 15.4. The third-order valence-corrected chi connectivity index (χ3v) is 5.43. The zero-order valence-corrected chi connectivity index (χ0v) is 13.1. The van der Waals surface area contributed by atoms with Gasteiger partial charge in [0.1, 0.15) is 0 Å².